The zero-order valence-electron chi connectivity index (χ0n) is 15.1. The van der Waals surface area contributed by atoms with Crippen LogP contribution in [0.2, 0.25) is 0 Å². The number of carbonyl (C=O) groups excluding carboxylic acids is 4. The first-order valence-electron chi connectivity index (χ1n) is 9.64. The maximum absolute atomic E-state index is 12.8. The van der Waals surface area contributed by atoms with E-state index >= 15 is 0 Å². The second kappa shape index (κ2) is 6.65. The Morgan fingerprint density at radius 2 is 1.59 bits per heavy atom. The minimum Gasteiger partial charge on any atom is -0.346 e. The average molecular weight is 397 g/mol. The molecule has 27 heavy (non-hydrogen) atoms. The van der Waals surface area contributed by atoms with E-state index in [1.54, 1.807) is 0 Å². The molecule has 2 atom stereocenters. The Morgan fingerprint density at radius 3 is 2.19 bits per heavy atom. The van der Waals surface area contributed by atoms with E-state index in [2.05, 4.69) is 21.5 Å². The highest BCUT2D eigenvalue weighted by molar-refractivity contribution is 6.35. The molecule has 0 heterocycles. The van der Waals surface area contributed by atoms with Crippen molar-refractivity contribution in [3.8, 4) is 0 Å². The van der Waals surface area contributed by atoms with Crippen LogP contribution >= 0.6 is 11.6 Å². The Bertz CT molecular complexity index is 679. The van der Waals surface area contributed by atoms with Gasteiger partial charge in [0.05, 0.1) is 12.0 Å². The van der Waals surface area contributed by atoms with Crippen LogP contribution in [0.25, 0.3) is 0 Å². The van der Waals surface area contributed by atoms with Gasteiger partial charge in [-0.05, 0) is 63.2 Å². The SMILES string of the molecule is O=C(CNC(=O)C12C[C@@H]3C[C@H](CC(Cl)(C3)C1)C2)NNC(=O)C(=O)NC1CC1. The lowest BCUT2D eigenvalue weighted by Crippen LogP contribution is -2.59. The number of hydrogen-bond acceptors (Lipinski definition) is 4. The van der Waals surface area contributed by atoms with Crippen molar-refractivity contribution in [2.75, 3.05) is 6.54 Å². The van der Waals surface area contributed by atoms with Crippen molar-refractivity contribution in [3.05, 3.63) is 0 Å². The van der Waals surface area contributed by atoms with Crippen molar-refractivity contribution >= 4 is 35.2 Å². The highest BCUT2D eigenvalue weighted by Crippen LogP contribution is 2.63. The van der Waals surface area contributed by atoms with Gasteiger partial charge in [-0.15, -0.1) is 11.6 Å². The Morgan fingerprint density at radius 1 is 0.926 bits per heavy atom. The Balaban J connectivity index is 1.24. The molecule has 5 rings (SSSR count). The molecule has 0 unspecified atom stereocenters. The lowest BCUT2D eigenvalue weighted by molar-refractivity contribution is -0.146. The van der Waals surface area contributed by atoms with Crippen LogP contribution in [0, 0.1) is 17.3 Å². The molecule has 0 aromatic carbocycles. The van der Waals surface area contributed by atoms with Gasteiger partial charge in [-0.3, -0.25) is 30.0 Å². The quantitative estimate of drug-likeness (QED) is 0.306. The van der Waals surface area contributed by atoms with Crippen molar-refractivity contribution < 1.29 is 19.2 Å². The van der Waals surface area contributed by atoms with E-state index in [0.29, 0.717) is 18.3 Å². The molecule has 0 aliphatic heterocycles. The fourth-order valence-corrected chi connectivity index (χ4v) is 6.16. The molecule has 8 nitrogen and oxygen atoms in total. The third-order valence-corrected chi connectivity index (χ3v) is 6.76. The van der Waals surface area contributed by atoms with E-state index in [1.165, 1.54) is 0 Å². The molecular weight excluding hydrogens is 372 g/mol. The predicted molar refractivity (Wildman–Crippen MR) is 96.2 cm³/mol. The summed E-state index contributed by atoms with van der Waals surface area (Å²) in [6.45, 7) is -0.254. The number of hydrogen-bond donors (Lipinski definition) is 4. The second-order valence-corrected chi connectivity index (χ2v) is 9.63. The first-order chi connectivity index (χ1) is 12.8. The van der Waals surface area contributed by atoms with Crippen LogP contribution in [0.4, 0.5) is 0 Å². The maximum atomic E-state index is 12.8. The molecule has 0 aromatic rings. The van der Waals surface area contributed by atoms with Gasteiger partial charge in [0.15, 0.2) is 0 Å². The van der Waals surface area contributed by atoms with Gasteiger partial charge in [-0.1, -0.05) is 0 Å². The van der Waals surface area contributed by atoms with Crippen molar-refractivity contribution in [1.82, 2.24) is 21.5 Å². The molecule has 5 aliphatic carbocycles. The molecule has 4 N–H and O–H groups in total. The molecule has 4 amide bonds. The minimum absolute atomic E-state index is 0.0590. The van der Waals surface area contributed by atoms with E-state index < -0.39 is 23.1 Å². The summed E-state index contributed by atoms with van der Waals surface area (Å²) < 4.78 is 0. The van der Waals surface area contributed by atoms with E-state index in [4.69, 9.17) is 11.6 Å². The number of nitrogens with one attached hydrogen (secondary N) is 4. The molecule has 0 aromatic heterocycles. The van der Waals surface area contributed by atoms with Gasteiger partial charge in [0.2, 0.25) is 5.91 Å². The summed E-state index contributed by atoms with van der Waals surface area (Å²) in [6.07, 6.45) is 7.19. The molecule has 5 saturated carbocycles. The van der Waals surface area contributed by atoms with Crippen molar-refractivity contribution in [1.29, 1.82) is 0 Å². The lowest BCUT2D eigenvalue weighted by atomic mass is 9.49. The molecule has 0 spiro atoms. The van der Waals surface area contributed by atoms with E-state index in [0.717, 1.165) is 44.9 Å². The highest BCUT2D eigenvalue weighted by atomic mass is 35.5. The number of halogens is 1. The number of rotatable bonds is 4. The fraction of sp³-hybridized carbons (Fsp3) is 0.778. The zero-order chi connectivity index (χ0) is 19.2. The summed E-state index contributed by atoms with van der Waals surface area (Å²) in [5, 5.41) is 5.21. The van der Waals surface area contributed by atoms with Gasteiger partial charge in [0, 0.05) is 10.9 Å². The van der Waals surface area contributed by atoms with Gasteiger partial charge in [0.25, 0.3) is 5.91 Å². The van der Waals surface area contributed by atoms with Crippen molar-refractivity contribution in [3.63, 3.8) is 0 Å². The monoisotopic (exact) mass is 396 g/mol. The van der Waals surface area contributed by atoms with Crippen LogP contribution in [0.5, 0.6) is 0 Å². The molecule has 9 heteroatoms. The summed E-state index contributed by atoms with van der Waals surface area (Å²) in [6, 6.07) is 0.0590. The molecule has 148 valence electrons. The third kappa shape index (κ3) is 3.90. The molecule has 5 fully saturated rings. The summed E-state index contributed by atoms with van der Waals surface area (Å²) in [7, 11) is 0. The summed E-state index contributed by atoms with van der Waals surface area (Å²) in [4.78, 5) is 47.5. The van der Waals surface area contributed by atoms with Gasteiger partial charge in [-0.2, -0.15) is 0 Å². The first-order valence-corrected chi connectivity index (χ1v) is 10.0. The zero-order valence-corrected chi connectivity index (χ0v) is 15.9. The molecular formula is C18H25ClN4O4. The van der Waals surface area contributed by atoms with Crippen LogP contribution in [-0.4, -0.2) is 41.1 Å². The summed E-state index contributed by atoms with van der Waals surface area (Å²) in [5.41, 5.74) is 3.74. The highest BCUT2D eigenvalue weighted by Gasteiger charge is 2.60. The largest absolute Gasteiger partial charge is 0.346 e. The topological polar surface area (TPSA) is 116 Å². The Kier molecular flexibility index (Phi) is 4.56. The average Bonchev–Trinajstić information content (AvgIpc) is 3.39. The Hall–Kier alpha value is -1.83. The van der Waals surface area contributed by atoms with Crippen molar-refractivity contribution in [2.45, 2.75) is 62.3 Å². The van der Waals surface area contributed by atoms with Crippen LogP contribution in [0.1, 0.15) is 51.4 Å². The number of carbonyl (C=O) groups is 4. The Labute approximate surface area is 162 Å². The number of amides is 4. The number of hydrazine groups is 1. The minimum atomic E-state index is -0.924. The molecule has 0 saturated heterocycles. The van der Waals surface area contributed by atoms with Gasteiger partial charge < -0.3 is 10.6 Å². The maximum Gasteiger partial charge on any atom is 0.327 e. The third-order valence-electron chi connectivity index (χ3n) is 6.32. The normalized spacial score (nSPS) is 36.0. The van der Waals surface area contributed by atoms with Gasteiger partial charge >= 0.3 is 11.8 Å². The van der Waals surface area contributed by atoms with Crippen LogP contribution in [0.15, 0.2) is 0 Å². The van der Waals surface area contributed by atoms with Crippen LogP contribution in [0.3, 0.4) is 0 Å². The first kappa shape index (κ1) is 18.5. The van der Waals surface area contributed by atoms with Crippen LogP contribution in [-0.2, 0) is 19.2 Å². The smallest absolute Gasteiger partial charge is 0.327 e. The molecule has 0 radical (unpaired) electrons. The molecule has 5 aliphatic rings. The van der Waals surface area contributed by atoms with E-state index in [1.807, 2.05) is 0 Å². The number of alkyl halides is 1. The fourth-order valence-electron chi connectivity index (χ4n) is 5.47. The van der Waals surface area contributed by atoms with E-state index in [9.17, 15) is 19.2 Å². The molecule has 4 bridgehead atoms. The van der Waals surface area contributed by atoms with Crippen molar-refractivity contribution in [2.24, 2.45) is 17.3 Å². The predicted octanol–water partition coefficient (Wildman–Crippen LogP) is 0.106. The van der Waals surface area contributed by atoms with E-state index in [-0.39, 0.29) is 23.4 Å². The second-order valence-electron chi connectivity index (χ2n) is 8.82. The van der Waals surface area contributed by atoms with Gasteiger partial charge in [0.1, 0.15) is 0 Å². The van der Waals surface area contributed by atoms with Gasteiger partial charge in [-0.25, -0.2) is 0 Å². The lowest BCUT2D eigenvalue weighted by Gasteiger charge is -2.59. The summed E-state index contributed by atoms with van der Waals surface area (Å²) in [5.74, 6) is -1.43. The summed E-state index contributed by atoms with van der Waals surface area (Å²) >= 11 is 6.74. The standard InChI is InChI=1S/C18H25ClN4O4/c19-18-6-10-3-11(7-18)5-17(4-10,9-18)16(27)20-8-13(24)22-23-15(26)14(25)21-12-1-2-12/h10-12H,1-9H2,(H,20,27)(H,21,25)(H,22,24)(H,23,26)/t10-,11-,17?,18?/m0/s1. The van der Waals surface area contributed by atoms with Crippen LogP contribution < -0.4 is 21.5 Å².